The monoisotopic (exact) mass is 439 g/mol. The third-order valence-electron chi connectivity index (χ3n) is 6.83. The van der Waals surface area contributed by atoms with Gasteiger partial charge in [-0.25, -0.2) is 0 Å². The van der Waals surface area contributed by atoms with Crippen molar-refractivity contribution < 1.29 is 0 Å². The van der Waals surface area contributed by atoms with Crippen molar-refractivity contribution in [2.45, 2.75) is 13.0 Å². The van der Waals surface area contributed by atoms with Gasteiger partial charge in [-0.15, -0.1) is 0 Å². The highest BCUT2D eigenvalue weighted by Crippen LogP contribution is 2.25. The summed E-state index contributed by atoms with van der Waals surface area (Å²) in [4.78, 5) is 7.67. The van der Waals surface area contributed by atoms with Crippen molar-refractivity contribution in [3.63, 3.8) is 0 Å². The van der Waals surface area contributed by atoms with E-state index < -0.39 is 0 Å². The Morgan fingerprint density at radius 3 is 1.85 bits per heavy atom. The van der Waals surface area contributed by atoms with E-state index in [4.69, 9.17) is 0 Å². The molecule has 1 unspecified atom stereocenters. The van der Waals surface area contributed by atoms with Crippen LogP contribution in [-0.4, -0.2) is 67.6 Å². The quantitative estimate of drug-likeness (QED) is 0.440. The number of benzene rings is 3. The lowest BCUT2D eigenvalue weighted by atomic mass is 9.97. The molecular weight excluding hydrogens is 402 g/mol. The summed E-state index contributed by atoms with van der Waals surface area (Å²) in [6, 6.07) is 32.8. The normalized spacial score (nSPS) is 16.0. The average molecular weight is 440 g/mol. The lowest BCUT2D eigenvalue weighted by Gasteiger charge is -2.35. The van der Waals surface area contributed by atoms with E-state index in [1.807, 2.05) is 0 Å². The van der Waals surface area contributed by atoms with Gasteiger partial charge in [0.15, 0.2) is 0 Å². The fraction of sp³-hybridized carbons (Fsp3) is 0.333. The molecule has 1 aliphatic heterocycles. The highest BCUT2D eigenvalue weighted by atomic mass is 15.3. The Balaban J connectivity index is 1.56. The first kappa shape index (κ1) is 23.4. The number of likely N-dealkylation sites (N-methyl/N-ethyl adjacent to an activating group) is 1. The van der Waals surface area contributed by atoms with Crippen molar-refractivity contribution in [2.75, 3.05) is 52.9 Å². The molecule has 172 valence electrons. The van der Waals surface area contributed by atoms with Crippen LogP contribution in [0.15, 0.2) is 97.1 Å². The van der Waals surface area contributed by atoms with Crippen LogP contribution in [-0.2, 0) is 0 Å². The number of hydrogen-bond donors (Lipinski definition) is 0. The van der Waals surface area contributed by atoms with Crippen molar-refractivity contribution >= 4 is 5.57 Å². The van der Waals surface area contributed by atoms with E-state index in [1.54, 1.807) is 0 Å². The minimum absolute atomic E-state index is 0.364. The smallest absolute Gasteiger partial charge is 0.0323 e. The van der Waals surface area contributed by atoms with Gasteiger partial charge in [-0.1, -0.05) is 97.1 Å². The lowest BCUT2D eigenvalue weighted by Crippen LogP contribution is -2.47. The molecular formula is C30H37N3. The molecule has 1 saturated heterocycles. The summed E-state index contributed by atoms with van der Waals surface area (Å²) in [5, 5.41) is 0. The van der Waals surface area contributed by atoms with Crippen molar-refractivity contribution in [1.82, 2.24) is 14.7 Å². The lowest BCUT2D eigenvalue weighted by molar-refractivity contribution is 0.127. The Morgan fingerprint density at radius 1 is 0.788 bits per heavy atom. The minimum Gasteiger partial charge on any atom is -0.304 e. The molecule has 0 bridgehead atoms. The van der Waals surface area contributed by atoms with Gasteiger partial charge in [0.05, 0.1) is 0 Å². The van der Waals surface area contributed by atoms with E-state index in [0.717, 1.165) is 19.6 Å². The third-order valence-corrected chi connectivity index (χ3v) is 6.83. The zero-order valence-corrected chi connectivity index (χ0v) is 20.1. The molecule has 3 heteroatoms. The van der Waals surface area contributed by atoms with Crippen LogP contribution >= 0.6 is 0 Å². The molecule has 0 radical (unpaired) electrons. The zero-order chi connectivity index (χ0) is 22.9. The molecule has 33 heavy (non-hydrogen) atoms. The van der Waals surface area contributed by atoms with Crippen LogP contribution in [0.3, 0.4) is 0 Å². The molecule has 1 atom stereocenters. The molecule has 1 fully saturated rings. The fourth-order valence-corrected chi connectivity index (χ4v) is 4.57. The van der Waals surface area contributed by atoms with E-state index in [2.05, 4.69) is 126 Å². The van der Waals surface area contributed by atoms with Gasteiger partial charge in [0.2, 0.25) is 0 Å². The second-order valence-corrected chi connectivity index (χ2v) is 9.08. The van der Waals surface area contributed by atoms with Crippen LogP contribution in [0.1, 0.15) is 29.7 Å². The van der Waals surface area contributed by atoms with Crippen LogP contribution < -0.4 is 0 Å². The standard InChI is InChI=1S/C30H37N3/c1-26(27-12-6-3-7-13-27)33(25-24-32-22-20-31(2)21-23-32)19-18-30(28-14-8-4-9-15-28)29-16-10-5-11-17-29/h3-18,26H,19-25H2,1-2H3. The molecule has 0 aromatic heterocycles. The zero-order valence-electron chi connectivity index (χ0n) is 20.1. The van der Waals surface area contributed by atoms with Gasteiger partial charge < -0.3 is 4.90 Å². The summed E-state index contributed by atoms with van der Waals surface area (Å²) >= 11 is 0. The Hall–Kier alpha value is -2.72. The molecule has 0 N–H and O–H groups in total. The van der Waals surface area contributed by atoms with E-state index >= 15 is 0 Å². The predicted molar refractivity (Wildman–Crippen MR) is 140 cm³/mol. The van der Waals surface area contributed by atoms with Gasteiger partial charge in [-0.2, -0.15) is 0 Å². The van der Waals surface area contributed by atoms with E-state index in [0.29, 0.717) is 6.04 Å². The molecule has 0 amide bonds. The molecule has 0 spiro atoms. The molecule has 4 rings (SSSR count). The van der Waals surface area contributed by atoms with Crippen LogP contribution in [0.5, 0.6) is 0 Å². The van der Waals surface area contributed by atoms with E-state index in [9.17, 15) is 0 Å². The van der Waals surface area contributed by atoms with Gasteiger partial charge in [-0.05, 0) is 36.2 Å². The van der Waals surface area contributed by atoms with Crippen molar-refractivity contribution in [3.05, 3.63) is 114 Å². The first-order valence-electron chi connectivity index (χ1n) is 12.2. The fourth-order valence-electron chi connectivity index (χ4n) is 4.57. The van der Waals surface area contributed by atoms with Crippen LogP contribution in [0, 0.1) is 0 Å². The highest BCUT2D eigenvalue weighted by Gasteiger charge is 2.19. The number of rotatable bonds is 9. The van der Waals surface area contributed by atoms with Gasteiger partial charge in [-0.3, -0.25) is 9.80 Å². The van der Waals surface area contributed by atoms with Crippen molar-refractivity contribution in [2.24, 2.45) is 0 Å². The third kappa shape index (κ3) is 6.64. The van der Waals surface area contributed by atoms with Crippen LogP contribution in [0.25, 0.3) is 5.57 Å². The van der Waals surface area contributed by atoms with Crippen molar-refractivity contribution in [1.29, 1.82) is 0 Å². The topological polar surface area (TPSA) is 9.72 Å². The van der Waals surface area contributed by atoms with Crippen LogP contribution in [0.2, 0.25) is 0 Å². The summed E-state index contributed by atoms with van der Waals surface area (Å²) < 4.78 is 0. The van der Waals surface area contributed by atoms with Gasteiger partial charge >= 0.3 is 0 Å². The highest BCUT2D eigenvalue weighted by molar-refractivity contribution is 5.79. The van der Waals surface area contributed by atoms with Gasteiger partial charge in [0, 0.05) is 51.9 Å². The molecule has 3 aromatic carbocycles. The van der Waals surface area contributed by atoms with Gasteiger partial charge in [0.25, 0.3) is 0 Å². The maximum Gasteiger partial charge on any atom is 0.0323 e. The Kier molecular flexibility index (Phi) is 8.48. The molecule has 3 aromatic rings. The van der Waals surface area contributed by atoms with E-state index in [-0.39, 0.29) is 0 Å². The summed E-state index contributed by atoms with van der Waals surface area (Å²) in [5.74, 6) is 0. The Morgan fingerprint density at radius 2 is 1.30 bits per heavy atom. The predicted octanol–water partition coefficient (Wildman–Crippen LogP) is 5.43. The second-order valence-electron chi connectivity index (χ2n) is 9.08. The van der Waals surface area contributed by atoms with Crippen LogP contribution in [0.4, 0.5) is 0 Å². The first-order valence-corrected chi connectivity index (χ1v) is 12.2. The summed E-state index contributed by atoms with van der Waals surface area (Å²) in [5.41, 5.74) is 5.23. The number of nitrogens with zero attached hydrogens (tertiary/aromatic N) is 3. The molecule has 0 aliphatic carbocycles. The maximum atomic E-state index is 2.62. The Bertz CT molecular complexity index is 935. The summed E-state index contributed by atoms with van der Waals surface area (Å²) in [6.45, 7) is 10.1. The Labute approximate surface area is 200 Å². The summed E-state index contributed by atoms with van der Waals surface area (Å²) in [7, 11) is 2.22. The summed E-state index contributed by atoms with van der Waals surface area (Å²) in [6.07, 6.45) is 2.42. The van der Waals surface area contributed by atoms with Gasteiger partial charge in [0.1, 0.15) is 0 Å². The minimum atomic E-state index is 0.364. The number of hydrogen-bond acceptors (Lipinski definition) is 3. The first-order chi connectivity index (χ1) is 16.2. The molecule has 1 aliphatic rings. The SMILES string of the molecule is CC(c1ccccc1)N(CC=C(c1ccccc1)c1ccccc1)CCN1CCN(C)CC1. The molecule has 1 heterocycles. The maximum absolute atomic E-state index is 2.62. The van der Waals surface area contributed by atoms with Crippen molar-refractivity contribution in [3.8, 4) is 0 Å². The largest absolute Gasteiger partial charge is 0.304 e. The second kappa shape index (κ2) is 11.9. The average Bonchev–Trinajstić information content (AvgIpc) is 2.88. The number of piperazine rings is 1. The molecule has 0 saturated carbocycles. The molecule has 3 nitrogen and oxygen atoms in total. The van der Waals surface area contributed by atoms with E-state index in [1.165, 1.54) is 48.4 Å².